The Morgan fingerprint density at radius 3 is 2.67 bits per heavy atom. The van der Waals surface area contributed by atoms with Crippen LogP contribution in [0.3, 0.4) is 0 Å². The van der Waals surface area contributed by atoms with Crippen LogP contribution in [0.25, 0.3) is 0 Å². The third-order valence-corrected chi connectivity index (χ3v) is 3.46. The number of nitrogens with one attached hydrogen (secondary N) is 1. The first-order chi connectivity index (χ1) is 7.19. The molecule has 1 aromatic rings. The van der Waals surface area contributed by atoms with Gasteiger partial charge in [-0.15, -0.1) is 11.8 Å². The number of thioether (sulfide) groups is 1. The normalized spacial score (nSPS) is 12.8. The van der Waals surface area contributed by atoms with Crippen LogP contribution in [0.5, 0.6) is 0 Å². The van der Waals surface area contributed by atoms with E-state index in [0.29, 0.717) is 6.04 Å². The number of benzene rings is 1. The molecule has 0 aliphatic rings. The van der Waals surface area contributed by atoms with E-state index >= 15 is 0 Å². The summed E-state index contributed by atoms with van der Waals surface area (Å²) in [5, 5.41) is 4.23. The molecule has 1 rings (SSSR count). The zero-order valence-corrected chi connectivity index (χ0v) is 11.1. The molecule has 0 amide bonds. The molecular weight excluding hydrogens is 226 g/mol. The van der Waals surface area contributed by atoms with Gasteiger partial charge in [-0.25, -0.2) is 0 Å². The second-order valence-corrected chi connectivity index (χ2v) is 5.14. The Labute approximate surface area is 102 Å². The number of rotatable bonds is 5. The van der Waals surface area contributed by atoms with Gasteiger partial charge < -0.3 is 5.32 Å². The average Bonchev–Trinajstić information content (AvgIpc) is 2.18. The van der Waals surface area contributed by atoms with Crippen molar-refractivity contribution in [1.29, 1.82) is 0 Å². The molecule has 0 bridgehead atoms. The molecule has 0 fully saturated rings. The van der Waals surface area contributed by atoms with Crippen LogP contribution in [0.1, 0.15) is 32.4 Å². The van der Waals surface area contributed by atoms with E-state index in [4.69, 9.17) is 11.6 Å². The first-order valence-electron chi connectivity index (χ1n) is 5.34. The number of hydrogen-bond acceptors (Lipinski definition) is 2. The van der Waals surface area contributed by atoms with E-state index in [1.165, 1.54) is 10.5 Å². The lowest BCUT2D eigenvalue weighted by molar-refractivity contribution is 0.598. The lowest BCUT2D eigenvalue weighted by Crippen LogP contribution is -2.17. The molecular formula is C12H18ClNS. The third-order valence-electron chi connectivity index (χ3n) is 2.26. The van der Waals surface area contributed by atoms with Crippen molar-refractivity contribution in [3.8, 4) is 0 Å². The predicted octanol–water partition coefficient (Wildman–Crippen LogP) is 4.12. The van der Waals surface area contributed by atoms with Gasteiger partial charge >= 0.3 is 0 Å². The molecule has 0 aliphatic heterocycles. The van der Waals surface area contributed by atoms with Crippen LogP contribution in [0.2, 0.25) is 5.02 Å². The van der Waals surface area contributed by atoms with E-state index in [9.17, 15) is 0 Å². The summed E-state index contributed by atoms with van der Waals surface area (Å²) in [6, 6.07) is 6.64. The molecule has 0 heterocycles. The Morgan fingerprint density at radius 2 is 2.13 bits per heavy atom. The highest BCUT2D eigenvalue weighted by atomic mass is 35.5. The quantitative estimate of drug-likeness (QED) is 0.781. The molecule has 3 heteroatoms. The Kier molecular flexibility index (Phi) is 5.51. The Balaban J connectivity index is 2.82. The van der Waals surface area contributed by atoms with Crippen molar-refractivity contribution in [1.82, 2.24) is 5.32 Å². The van der Waals surface area contributed by atoms with Gasteiger partial charge in [0, 0.05) is 16.0 Å². The van der Waals surface area contributed by atoms with Crippen LogP contribution in [0, 0.1) is 0 Å². The summed E-state index contributed by atoms with van der Waals surface area (Å²) in [7, 11) is 0. The van der Waals surface area contributed by atoms with Gasteiger partial charge in [0.15, 0.2) is 0 Å². The lowest BCUT2D eigenvalue weighted by Gasteiger charge is -2.15. The molecule has 0 radical (unpaired) electrons. The summed E-state index contributed by atoms with van der Waals surface area (Å²) in [6.45, 7) is 7.35. The van der Waals surface area contributed by atoms with Gasteiger partial charge in [-0.1, -0.05) is 31.5 Å². The number of hydrogen-bond donors (Lipinski definition) is 1. The van der Waals surface area contributed by atoms with Crippen LogP contribution >= 0.6 is 23.4 Å². The molecule has 0 aromatic heterocycles. The maximum absolute atomic E-state index is 6.24. The zero-order chi connectivity index (χ0) is 11.3. The van der Waals surface area contributed by atoms with Gasteiger partial charge in [-0.2, -0.15) is 0 Å². The minimum atomic E-state index is 0.322. The molecule has 0 saturated carbocycles. The molecule has 1 nitrogen and oxygen atoms in total. The standard InChI is InChI=1S/C12H18ClNS/c1-4-14-9(3)11-7-6-10(15-5-2)8-12(11)13/h6-9,14H,4-5H2,1-3H3. The Hall–Kier alpha value is -0.180. The van der Waals surface area contributed by atoms with Crippen molar-refractivity contribution >= 4 is 23.4 Å². The van der Waals surface area contributed by atoms with Crippen LogP contribution in [0.15, 0.2) is 23.1 Å². The van der Waals surface area contributed by atoms with Crippen LogP contribution < -0.4 is 5.32 Å². The van der Waals surface area contributed by atoms with Crippen molar-refractivity contribution in [3.63, 3.8) is 0 Å². The highest BCUT2D eigenvalue weighted by molar-refractivity contribution is 7.99. The first-order valence-corrected chi connectivity index (χ1v) is 6.71. The van der Waals surface area contributed by atoms with Crippen molar-refractivity contribution in [3.05, 3.63) is 28.8 Å². The fourth-order valence-electron chi connectivity index (χ4n) is 1.53. The van der Waals surface area contributed by atoms with Gasteiger partial charge in [0.2, 0.25) is 0 Å². The number of halogens is 1. The molecule has 15 heavy (non-hydrogen) atoms. The highest BCUT2D eigenvalue weighted by Crippen LogP contribution is 2.28. The van der Waals surface area contributed by atoms with E-state index < -0.39 is 0 Å². The van der Waals surface area contributed by atoms with E-state index in [0.717, 1.165) is 17.3 Å². The van der Waals surface area contributed by atoms with E-state index in [2.05, 4.69) is 44.3 Å². The maximum Gasteiger partial charge on any atom is 0.0464 e. The largest absolute Gasteiger partial charge is 0.310 e. The van der Waals surface area contributed by atoms with Gasteiger partial charge in [-0.05, 0) is 36.9 Å². The molecule has 1 aromatic carbocycles. The van der Waals surface area contributed by atoms with E-state index in [1.807, 2.05) is 11.8 Å². The smallest absolute Gasteiger partial charge is 0.0464 e. The summed E-state index contributed by atoms with van der Waals surface area (Å²) in [5.74, 6) is 1.08. The van der Waals surface area contributed by atoms with Crippen LogP contribution in [-0.2, 0) is 0 Å². The third kappa shape index (κ3) is 3.71. The maximum atomic E-state index is 6.24. The zero-order valence-electron chi connectivity index (χ0n) is 9.51. The fourth-order valence-corrected chi connectivity index (χ4v) is 2.64. The van der Waals surface area contributed by atoms with Gasteiger partial charge in [0.1, 0.15) is 0 Å². The fraction of sp³-hybridized carbons (Fsp3) is 0.500. The van der Waals surface area contributed by atoms with Crippen molar-refractivity contribution in [2.45, 2.75) is 31.7 Å². The minimum Gasteiger partial charge on any atom is -0.310 e. The van der Waals surface area contributed by atoms with Crippen molar-refractivity contribution in [2.75, 3.05) is 12.3 Å². The topological polar surface area (TPSA) is 12.0 Å². The monoisotopic (exact) mass is 243 g/mol. The SMILES string of the molecule is CCNC(C)c1ccc(SCC)cc1Cl. The molecule has 1 unspecified atom stereocenters. The molecule has 84 valence electrons. The first kappa shape index (κ1) is 12.9. The molecule has 0 spiro atoms. The molecule has 0 aliphatic carbocycles. The van der Waals surface area contributed by atoms with Gasteiger partial charge in [-0.3, -0.25) is 0 Å². The summed E-state index contributed by atoms with van der Waals surface area (Å²) >= 11 is 8.06. The van der Waals surface area contributed by atoms with Gasteiger partial charge in [0.25, 0.3) is 0 Å². The average molecular weight is 244 g/mol. The van der Waals surface area contributed by atoms with E-state index in [1.54, 1.807) is 0 Å². The summed E-state index contributed by atoms with van der Waals surface area (Å²) in [5.41, 5.74) is 1.18. The second kappa shape index (κ2) is 6.41. The van der Waals surface area contributed by atoms with Crippen molar-refractivity contribution in [2.24, 2.45) is 0 Å². The predicted molar refractivity (Wildman–Crippen MR) is 69.9 cm³/mol. The van der Waals surface area contributed by atoms with E-state index in [-0.39, 0.29) is 0 Å². The Bertz CT molecular complexity index is 314. The highest BCUT2D eigenvalue weighted by Gasteiger charge is 2.08. The van der Waals surface area contributed by atoms with Crippen LogP contribution in [-0.4, -0.2) is 12.3 Å². The van der Waals surface area contributed by atoms with Crippen molar-refractivity contribution < 1.29 is 0 Å². The Morgan fingerprint density at radius 1 is 1.40 bits per heavy atom. The van der Waals surface area contributed by atoms with Crippen LogP contribution in [0.4, 0.5) is 0 Å². The summed E-state index contributed by atoms with van der Waals surface area (Å²) < 4.78 is 0. The molecule has 1 N–H and O–H groups in total. The molecule has 1 atom stereocenters. The molecule has 0 saturated heterocycles. The lowest BCUT2D eigenvalue weighted by atomic mass is 10.1. The van der Waals surface area contributed by atoms with Gasteiger partial charge in [0.05, 0.1) is 0 Å². The summed E-state index contributed by atoms with van der Waals surface area (Å²) in [6.07, 6.45) is 0. The summed E-state index contributed by atoms with van der Waals surface area (Å²) in [4.78, 5) is 1.25. The second-order valence-electron chi connectivity index (χ2n) is 3.40. The minimum absolute atomic E-state index is 0.322.